The molecule has 0 saturated heterocycles. The predicted molar refractivity (Wildman–Crippen MR) is 69.9 cm³/mol. The smallest absolute Gasteiger partial charge is 0.0783 e. The van der Waals surface area contributed by atoms with Crippen molar-refractivity contribution in [1.29, 1.82) is 0 Å². The molecule has 1 aliphatic carbocycles. The zero-order valence-corrected chi connectivity index (χ0v) is 10.7. The highest BCUT2D eigenvalue weighted by Crippen LogP contribution is 2.55. The first kappa shape index (κ1) is 10.8. The fourth-order valence-corrected chi connectivity index (χ4v) is 2.88. The van der Waals surface area contributed by atoms with E-state index < -0.39 is 0 Å². The SMILES string of the molecule is Cn1nc(C2(C(C)(C)N)CC2)c2ccccc21. The molecule has 3 rings (SSSR count). The lowest BCUT2D eigenvalue weighted by Crippen LogP contribution is -2.45. The van der Waals surface area contributed by atoms with Crippen molar-refractivity contribution in [2.45, 2.75) is 37.6 Å². The second kappa shape index (κ2) is 3.10. The van der Waals surface area contributed by atoms with Crippen LogP contribution in [0.25, 0.3) is 10.9 Å². The zero-order chi connectivity index (χ0) is 12.3. The molecule has 2 N–H and O–H groups in total. The Kier molecular flexibility index (Phi) is 1.97. The van der Waals surface area contributed by atoms with Gasteiger partial charge in [0.15, 0.2) is 0 Å². The Hall–Kier alpha value is -1.35. The molecule has 0 bridgehead atoms. The van der Waals surface area contributed by atoms with E-state index in [0.29, 0.717) is 0 Å². The lowest BCUT2D eigenvalue weighted by Gasteiger charge is -2.29. The summed E-state index contributed by atoms with van der Waals surface area (Å²) in [6.07, 6.45) is 2.30. The number of aromatic nitrogens is 2. The lowest BCUT2D eigenvalue weighted by atomic mass is 9.81. The molecule has 2 aromatic rings. The van der Waals surface area contributed by atoms with Crippen molar-refractivity contribution in [2.75, 3.05) is 0 Å². The second-order valence-corrected chi connectivity index (χ2v) is 5.79. The number of nitrogens with two attached hydrogens (primary N) is 1. The largest absolute Gasteiger partial charge is 0.325 e. The van der Waals surface area contributed by atoms with Crippen LogP contribution in [-0.2, 0) is 12.5 Å². The van der Waals surface area contributed by atoms with Crippen LogP contribution in [0.3, 0.4) is 0 Å². The summed E-state index contributed by atoms with van der Waals surface area (Å²) < 4.78 is 1.97. The van der Waals surface area contributed by atoms with Crippen LogP contribution in [0.2, 0.25) is 0 Å². The molecule has 1 aliphatic rings. The molecule has 1 aromatic carbocycles. The van der Waals surface area contributed by atoms with Gasteiger partial charge >= 0.3 is 0 Å². The Morgan fingerprint density at radius 2 is 1.94 bits per heavy atom. The van der Waals surface area contributed by atoms with Gasteiger partial charge in [-0.3, -0.25) is 4.68 Å². The van der Waals surface area contributed by atoms with Crippen LogP contribution in [0, 0.1) is 0 Å². The van der Waals surface area contributed by atoms with E-state index in [1.165, 1.54) is 16.6 Å². The summed E-state index contributed by atoms with van der Waals surface area (Å²) in [5.74, 6) is 0. The monoisotopic (exact) mass is 229 g/mol. The molecule has 3 heteroatoms. The first-order chi connectivity index (χ1) is 7.96. The number of nitrogens with zero attached hydrogens (tertiary/aromatic N) is 2. The molecule has 0 unspecified atom stereocenters. The molecule has 1 fully saturated rings. The predicted octanol–water partition coefficient (Wildman–Crippen LogP) is 2.34. The van der Waals surface area contributed by atoms with Gasteiger partial charge in [-0.15, -0.1) is 0 Å². The van der Waals surface area contributed by atoms with E-state index in [1.54, 1.807) is 0 Å². The number of benzene rings is 1. The van der Waals surface area contributed by atoms with Crippen molar-refractivity contribution in [3.05, 3.63) is 30.0 Å². The third-order valence-corrected chi connectivity index (χ3v) is 4.19. The zero-order valence-electron chi connectivity index (χ0n) is 10.7. The molecule has 0 spiro atoms. The van der Waals surface area contributed by atoms with Gasteiger partial charge in [0.25, 0.3) is 0 Å². The quantitative estimate of drug-likeness (QED) is 0.859. The van der Waals surface area contributed by atoms with Crippen LogP contribution in [0.4, 0.5) is 0 Å². The molecule has 0 amide bonds. The average Bonchev–Trinajstić information content (AvgIpc) is 3.01. The number of para-hydroxylation sites is 1. The van der Waals surface area contributed by atoms with Crippen LogP contribution in [0.1, 0.15) is 32.4 Å². The Morgan fingerprint density at radius 3 is 2.53 bits per heavy atom. The van der Waals surface area contributed by atoms with Crippen LogP contribution in [-0.4, -0.2) is 15.3 Å². The van der Waals surface area contributed by atoms with Crippen molar-refractivity contribution < 1.29 is 0 Å². The fraction of sp³-hybridized carbons (Fsp3) is 0.500. The van der Waals surface area contributed by atoms with Gasteiger partial charge in [0.05, 0.1) is 11.2 Å². The van der Waals surface area contributed by atoms with Gasteiger partial charge in [-0.05, 0) is 32.8 Å². The summed E-state index contributed by atoms with van der Waals surface area (Å²) in [7, 11) is 2.01. The third-order valence-electron chi connectivity index (χ3n) is 4.19. The molecule has 0 aliphatic heterocycles. The maximum Gasteiger partial charge on any atom is 0.0783 e. The minimum absolute atomic E-state index is 0.0772. The maximum atomic E-state index is 6.36. The van der Waals surface area contributed by atoms with Crippen LogP contribution in [0.15, 0.2) is 24.3 Å². The second-order valence-electron chi connectivity index (χ2n) is 5.79. The van der Waals surface area contributed by atoms with Gasteiger partial charge in [0, 0.05) is 23.4 Å². The number of hydrogen-bond donors (Lipinski definition) is 1. The highest BCUT2D eigenvalue weighted by atomic mass is 15.3. The minimum Gasteiger partial charge on any atom is -0.325 e. The minimum atomic E-state index is -0.204. The summed E-state index contributed by atoms with van der Waals surface area (Å²) >= 11 is 0. The normalized spacial score (nSPS) is 18.6. The van der Waals surface area contributed by atoms with Gasteiger partial charge in [-0.2, -0.15) is 5.10 Å². The van der Waals surface area contributed by atoms with Crippen molar-refractivity contribution >= 4 is 10.9 Å². The van der Waals surface area contributed by atoms with Crippen LogP contribution in [0.5, 0.6) is 0 Å². The highest BCUT2D eigenvalue weighted by Gasteiger charge is 2.56. The highest BCUT2D eigenvalue weighted by molar-refractivity contribution is 5.83. The molecule has 0 atom stereocenters. The van der Waals surface area contributed by atoms with E-state index in [2.05, 4.69) is 38.1 Å². The standard InChI is InChI=1S/C14H19N3/c1-13(2,15)14(8-9-14)12-10-6-4-5-7-11(10)17(3)16-12/h4-7H,8-9,15H2,1-3H3. The van der Waals surface area contributed by atoms with Crippen molar-refractivity contribution in [2.24, 2.45) is 12.8 Å². The van der Waals surface area contributed by atoms with Gasteiger partial charge < -0.3 is 5.73 Å². The van der Waals surface area contributed by atoms with E-state index in [1.807, 2.05) is 11.7 Å². The van der Waals surface area contributed by atoms with Gasteiger partial charge in [0.1, 0.15) is 0 Å². The van der Waals surface area contributed by atoms with Crippen molar-refractivity contribution in [3.63, 3.8) is 0 Å². The van der Waals surface area contributed by atoms with Crippen LogP contribution < -0.4 is 5.73 Å². The third kappa shape index (κ3) is 1.35. The molecule has 17 heavy (non-hydrogen) atoms. The molecular weight excluding hydrogens is 210 g/mol. The number of fused-ring (bicyclic) bond motifs is 1. The average molecular weight is 229 g/mol. The molecule has 0 radical (unpaired) electrons. The topological polar surface area (TPSA) is 43.8 Å². The van der Waals surface area contributed by atoms with E-state index in [-0.39, 0.29) is 11.0 Å². The van der Waals surface area contributed by atoms with E-state index in [0.717, 1.165) is 12.8 Å². The van der Waals surface area contributed by atoms with Gasteiger partial charge in [0.2, 0.25) is 0 Å². The fourth-order valence-electron chi connectivity index (χ4n) is 2.88. The summed E-state index contributed by atoms with van der Waals surface area (Å²) in [6.45, 7) is 4.23. The maximum absolute atomic E-state index is 6.36. The molecule has 1 heterocycles. The van der Waals surface area contributed by atoms with Gasteiger partial charge in [-0.25, -0.2) is 0 Å². The molecule has 1 aromatic heterocycles. The number of hydrogen-bond acceptors (Lipinski definition) is 2. The summed E-state index contributed by atoms with van der Waals surface area (Å²) in [5, 5.41) is 5.98. The van der Waals surface area contributed by atoms with Crippen molar-refractivity contribution in [1.82, 2.24) is 9.78 Å². The summed E-state index contributed by atoms with van der Waals surface area (Å²) in [6, 6.07) is 8.41. The summed E-state index contributed by atoms with van der Waals surface area (Å²) in [4.78, 5) is 0. The number of aryl methyl sites for hydroxylation is 1. The Bertz CT molecular complexity index is 571. The Balaban J connectivity index is 2.26. The molecule has 90 valence electrons. The van der Waals surface area contributed by atoms with E-state index >= 15 is 0 Å². The summed E-state index contributed by atoms with van der Waals surface area (Å²) in [5.41, 5.74) is 8.61. The molecule has 1 saturated carbocycles. The van der Waals surface area contributed by atoms with Crippen molar-refractivity contribution in [3.8, 4) is 0 Å². The number of rotatable bonds is 2. The molecule has 3 nitrogen and oxygen atoms in total. The Morgan fingerprint density at radius 1 is 1.29 bits per heavy atom. The van der Waals surface area contributed by atoms with Crippen LogP contribution >= 0.6 is 0 Å². The molecular formula is C14H19N3. The lowest BCUT2D eigenvalue weighted by molar-refractivity contribution is 0.383. The first-order valence-corrected chi connectivity index (χ1v) is 6.17. The van der Waals surface area contributed by atoms with E-state index in [4.69, 9.17) is 10.8 Å². The van der Waals surface area contributed by atoms with Gasteiger partial charge in [-0.1, -0.05) is 18.2 Å². The first-order valence-electron chi connectivity index (χ1n) is 6.17. The van der Waals surface area contributed by atoms with E-state index in [9.17, 15) is 0 Å². The Labute approximate surface area is 102 Å².